The number of hydrogen-bond acceptors (Lipinski definition) is 9. The van der Waals surface area contributed by atoms with Crippen molar-refractivity contribution in [2.75, 3.05) is 6.61 Å². The topological polar surface area (TPSA) is 146 Å². The minimum Gasteiger partial charge on any atom is -0.508 e. The van der Waals surface area contributed by atoms with Gasteiger partial charge >= 0.3 is 5.97 Å². The molecule has 1 aliphatic rings. The number of phenolic OH excluding ortho intramolecular Hbond substituents is 2. The molecule has 0 saturated carbocycles. The molecule has 0 aromatic heterocycles. The van der Waals surface area contributed by atoms with E-state index in [2.05, 4.69) is 0 Å². The number of hydrogen-bond donors (Lipinski definition) is 5. The van der Waals surface area contributed by atoms with E-state index in [1.807, 2.05) is 0 Å². The highest BCUT2D eigenvalue weighted by molar-refractivity contribution is 5.87. The van der Waals surface area contributed by atoms with E-state index in [9.17, 15) is 30.3 Å². The smallest absolute Gasteiger partial charge is 0.331 e. The fourth-order valence-corrected chi connectivity index (χ4v) is 2.86. The normalized spacial score (nSPS) is 26.4. The van der Waals surface area contributed by atoms with Crippen LogP contribution in [0.5, 0.6) is 17.2 Å². The van der Waals surface area contributed by atoms with Gasteiger partial charge in [0, 0.05) is 6.08 Å². The first kappa shape index (κ1) is 21.6. The molecule has 5 atom stereocenters. The van der Waals surface area contributed by atoms with Gasteiger partial charge in [-0.3, -0.25) is 0 Å². The second-order valence-electron chi connectivity index (χ2n) is 6.64. The summed E-state index contributed by atoms with van der Waals surface area (Å²) >= 11 is 0. The van der Waals surface area contributed by atoms with Gasteiger partial charge < -0.3 is 39.7 Å². The molecular weight excluding hydrogens is 396 g/mol. The van der Waals surface area contributed by atoms with E-state index in [1.54, 1.807) is 12.1 Å². The average Bonchev–Trinajstić information content (AvgIpc) is 2.74. The molecule has 1 heterocycles. The molecule has 0 unspecified atom stereocenters. The molecular formula is C21H22O9. The number of carbonyl (C=O) groups is 1. The molecule has 9 nitrogen and oxygen atoms in total. The fourth-order valence-electron chi connectivity index (χ4n) is 2.86. The number of phenols is 2. The van der Waals surface area contributed by atoms with Crippen LogP contribution in [0.1, 0.15) is 5.56 Å². The molecule has 5 N–H and O–H groups in total. The van der Waals surface area contributed by atoms with Crippen LogP contribution in [-0.4, -0.2) is 68.8 Å². The quantitative estimate of drug-likeness (QED) is 0.335. The van der Waals surface area contributed by atoms with E-state index in [1.165, 1.54) is 42.5 Å². The molecule has 1 aliphatic heterocycles. The van der Waals surface area contributed by atoms with Crippen molar-refractivity contribution in [1.82, 2.24) is 0 Å². The standard InChI is InChI=1S/C21H22O9/c22-11-16-18(26)19(27)20(21(29-16)28-15-8-6-14(24)7-9-15)30-17(25)10-3-12-1-4-13(23)5-2-12/h1-10,16,18-24,26-27H,11H2/t16-,18-,19+,20-,21-/m1/s1. The second kappa shape index (κ2) is 9.59. The largest absolute Gasteiger partial charge is 0.508 e. The van der Waals surface area contributed by atoms with Gasteiger partial charge in [-0.05, 0) is 48.0 Å². The van der Waals surface area contributed by atoms with Gasteiger partial charge in [0.05, 0.1) is 6.61 Å². The summed E-state index contributed by atoms with van der Waals surface area (Å²) in [5.74, 6) is -0.486. The van der Waals surface area contributed by atoms with Crippen LogP contribution in [0.4, 0.5) is 0 Å². The van der Waals surface area contributed by atoms with Crippen molar-refractivity contribution in [3.8, 4) is 17.2 Å². The molecule has 0 spiro atoms. The number of aromatic hydroxyl groups is 2. The van der Waals surface area contributed by atoms with Crippen molar-refractivity contribution in [3.63, 3.8) is 0 Å². The molecule has 1 saturated heterocycles. The number of ether oxygens (including phenoxy) is 3. The number of aliphatic hydroxyl groups is 3. The molecule has 1 fully saturated rings. The Morgan fingerprint density at radius 3 is 2.17 bits per heavy atom. The van der Waals surface area contributed by atoms with E-state index in [4.69, 9.17) is 14.2 Å². The lowest BCUT2D eigenvalue weighted by Crippen LogP contribution is -2.61. The lowest BCUT2D eigenvalue weighted by atomic mass is 9.99. The van der Waals surface area contributed by atoms with Crippen molar-refractivity contribution in [2.24, 2.45) is 0 Å². The molecule has 9 heteroatoms. The first-order chi connectivity index (χ1) is 14.4. The maximum atomic E-state index is 12.3. The first-order valence-corrected chi connectivity index (χ1v) is 9.13. The molecule has 2 aromatic rings. The van der Waals surface area contributed by atoms with E-state index >= 15 is 0 Å². The van der Waals surface area contributed by atoms with E-state index in [0.29, 0.717) is 5.56 Å². The first-order valence-electron chi connectivity index (χ1n) is 9.13. The summed E-state index contributed by atoms with van der Waals surface area (Å²) in [5.41, 5.74) is 0.627. The monoisotopic (exact) mass is 418 g/mol. The molecule has 0 amide bonds. The number of rotatable bonds is 6. The maximum absolute atomic E-state index is 12.3. The van der Waals surface area contributed by atoms with Crippen LogP contribution in [0.15, 0.2) is 54.6 Å². The summed E-state index contributed by atoms with van der Waals surface area (Å²) in [6.07, 6.45) is -4.39. The predicted octanol–water partition coefficient (Wildman–Crippen LogP) is 0.541. The van der Waals surface area contributed by atoms with Crippen LogP contribution in [0, 0.1) is 0 Å². The maximum Gasteiger partial charge on any atom is 0.331 e. The van der Waals surface area contributed by atoms with Crippen LogP contribution < -0.4 is 4.74 Å². The molecule has 2 aromatic carbocycles. The summed E-state index contributed by atoms with van der Waals surface area (Å²) in [5, 5.41) is 48.6. The zero-order chi connectivity index (χ0) is 21.7. The van der Waals surface area contributed by atoms with Crippen molar-refractivity contribution in [1.29, 1.82) is 0 Å². The van der Waals surface area contributed by atoms with Gasteiger partial charge in [0.15, 0.2) is 6.10 Å². The SMILES string of the molecule is O=C(C=Cc1ccc(O)cc1)O[C@H]1[C@H](Oc2ccc(O)cc2)O[C@H](CO)[C@@H](O)[C@@H]1O. The Kier molecular flexibility index (Phi) is 6.91. The zero-order valence-electron chi connectivity index (χ0n) is 15.7. The Hall–Kier alpha value is -3.11. The highest BCUT2D eigenvalue weighted by Gasteiger charge is 2.47. The Morgan fingerprint density at radius 2 is 1.57 bits per heavy atom. The van der Waals surface area contributed by atoms with Gasteiger partial charge in [-0.25, -0.2) is 4.79 Å². The number of esters is 1. The highest BCUT2D eigenvalue weighted by atomic mass is 16.7. The molecule has 3 rings (SSSR count). The van der Waals surface area contributed by atoms with E-state index in [-0.39, 0.29) is 17.2 Å². The van der Waals surface area contributed by atoms with Crippen molar-refractivity contribution in [2.45, 2.75) is 30.7 Å². The minimum absolute atomic E-state index is 0.0120. The third-order valence-corrected chi connectivity index (χ3v) is 4.47. The summed E-state index contributed by atoms with van der Waals surface area (Å²) in [4.78, 5) is 12.3. The third kappa shape index (κ3) is 5.28. The highest BCUT2D eigenvalue weighted by Crippen LogP contribution is 2.27. The van der Waals surface area contributed by atoms with Crippen LogP contribution in [0.3, 0.4) is 0 Å². The number of carbonyl (C=O) groups excluding carboxylic acids is 1. The minimum atomic E-state index is -1.58. The van der Waals surface area contributed by atoms with Crippen molar-refractivity contribution < 1.29 is 44.5 Å². The van der Waals surface area contributed by atoms with Crippen LogP contribution in [0.25, 0.3) is 6.08 Å². The average molecular weight is 418 g/mol. The summed E-state index contributed by atoms with van der Waals surface area (Å²) in [6.45, 7) is -0.588. The van der Waals surface area contributed by atoms with Gasteiger partial charge in [0.1, 0.15) is 35.6 Å². The predicted molar refractivity (Wildman–Crippen MR) is 104 cm³/mol. The van der Waals surface area contributed by atoms with Crippen molar-refractivity contribution in [3.05, 3.63) is 60.2 Å². The van der Waals surface area contributed by atoms with Gasteiger partial charge in [-0.15, -0.1) is 0 Å². The molecule has 0 bridgehead atoms. The third-order valence-electron chi connectivity index (χ3n) is 4.47. The summed E-state index contributed by atoms with van der Waals surface area (Å²) in [7, 11) is 0. The Morgan fingerprint density at radius 1 is 0.967 bits per heavy atom. The lowest BCUT2D eigenvalue weighted by Gasteiger charge is -2.41. The number of benzene rings is 2. The van der Waals surface area contributed by atoms with Gasteiger partial charge in [0.25, 0.3) is 0 Å². The van der Waals surface area contributed by atoms with Crippen molar-refractivity contribution >= 4 is 12.0 Å². The summed E-state index contributed by atoms with van der Waals surface area (Å²) < 4.78 is 16.3. The van der Waals surface area contributed by atoms with Gasteiger partial charge in [-0.2, -0.15) is 0 Å². The fraction of sp³-hybridized carbons (Fsp3) is 0.286. The summed E-state index contributed by atoms with van der Waals surface area (Å²) in [6, 6.07) is 11.7. The van der Waals surface area contributed by atoms with Gasteiger partial charge in [0.2, 0.25) is 6.29 Å². The van der Waals surface area contributed by atoms with E-state index in [0.717, 1.165) is 6.08 Å². The Bertz CT molecular complexity index is 863. The Labute approximate surface area is 172 Å². The van der Waals surface area contributed by atoms with E-state index < -0.39 is 43.3 Å². The van der Waals surface area contributed by atoms with Gasteiger partial charge in [-0.1, -0.05) is 12.1 Å². The molecule has 0 radical (unpaired) electrons. The number of aliphatic hydroxyl groups excluding tert-OH is 3. The lowest BCUT2D eigenvalue weighted by molar-refractivity contribution is -0.281. The Balaban J connectivity index is 1.74. The second-order valence-corrected chi connectivity index (χ2v) is 6.64. The van der Waals surface area contributed by atoms with Crippen LogP contribution in [-0.2, 0) is 14.3 Å². The molecule has 0 aliphatic carbocycles. The van der Waals surface area contributed by atoms with Crippen LogP contribution >= 0.6 is 0 Å². The molecule has 30 heavy (non-hydrogen) atoms. The van der Waals surface area contributed by atoms with Crippen LogP contribution in [0.2, 0.25) is 0 Å². The zero-order valence-corrected chi connectivity index (χ0v) is 15.7. The molecule has 160 valence electrons.